The predicted octanol–water partition coefficient (Wildman–Crippen LogP) is 0.491. The molecule has 0 amide bonds. The van der Waals surface area contributed by atoms with Crippen LogP contribution < -0.4 is 4.72 Å². The number of nitrogens with zero attached hydrogens (tertiary/aromatic N) is 3. The first-order valence-electron chi connectivity index (χ1n) is 5.93. The highest BCUT2D eigenvalue weighted by Crippen LogP contribution is 2.14. The summed E-state index contributed by atoms with van der Waals surface area (Å²) in [4.78, 5) is 0.239. The zero-order valence-corrected chi connectivity index (χ0v) is 11.6. The van der Waals surface area contributed by atoms with Gasteiger partial charge in [0.1, 0.15) is 11.2 Å². The van der Waals surface area contributed by atoms with Gasteiger partial charge in [0.05, 0.1) is 11.9 Å². The number of rotatable bonds is 6. The quantitative estimate of drug-likeness (QED) is 0.834. The maximum absolute atomic E-state index is 12.2. The normalized spacial score (nSPS) is 11.9. The first kappa shape index (κ1) is 13.8. The molecule has 0 aromatic carbocycles. The van der Waals surface area contributed by atoms with Crippen molar-refractivity contribution in [2.75, 3.05) is 6.54 Å². The predicted molar refractivity (Wildman–Crippen MR) is 68.0 cm³/mol. The van der Waals surface area contributed by atoms with E-state index in [0.717, 1.165) is 5.56 Å². The van der Waals surface area contributed by atoms with E-state index >= 15 is 0 Å². The summed E-state index contributed by atoms with van der Waals surface area (Å²) >= 11 is 0. The maximum atomic E-state index is 12.2. The third-order valence-electron chi connectivity index (χ3n) is 2.68. The molecule has 0 saturated carbocycles. The van der Waals surface area contributed by atoms with Crippen LogP contribution in [0.25, 0.3) is 0 Å². The Morgan fingerprint density at radius 3 is 2.89 bits per heavy atom. The van der Waals surface area contributed by atoms with Gasteiger partial charge >= 0.3 is 0 Å². The second-order valence-corrected chi connectivity index (χ2v) is 5.88. The number of aromatic nitrogens is 3. The van der Waals surface area contributed by atoms with Crippen molar-refractivity contribution in [1.82, 2.24) is 19.7 Å². The van der Waals surface area contributed by atoms with Crippen molar-refractivity contribution in [2.24, 2.45) is 7.05 Å². The number of sulfonamides is 1. The van der Waals surface area contributed by atoms with Crippen LogP contribution in [-0.4, -0.2) is 29.9 Å². The van der Waals surface area contributed by atoms with Crippen LogP contribution in [0.1, 0.15) is 18.2 Å². The highest BCUT2D eigenvalue weighted by atomic mass is 32.2. The molecule has 0 spiro atoms. The molecule has 0 unspecified atom stereocenters. The van der Waals surface area contributed by atoms with E-state index in [1.807, 2.05) is 6.92 Å². The first-order chi connectivity index (χ1) is 9.03. The van der Waals surface area contributed by atoms with Gasteiger partial charge in [-0.2, -0.15) is 5.10 Å². The van der Waals surface area contributed by atoms with Gasteiger partial charge in [0.25, 0.3) is 0 Å². The fraction of sp³-hybridized carbons (Fsp3) is 0.455. The highest BCUT2D eigenvalue weighted by molar-refractivity contribution is 7.89. The third-order valence-corrected chi connectivity index (χ3v) is 4.18. The Labute approximate surface area is 111 Å². The van der Waals surface area contributed by atoms with E-state index in [4.69, 9.17) is 0 Å². The molecule has 0 saturated heterocycles. The molecule has 2 rings (SSSR count). The number of hydrogen-bond donors (Lipinski definition) is 1. The molecule has 7 nitrogen and oxygen atoms in total. The fourth-order valence-electron chi connectivity index (χ4n) is 1.74. The van der Waals surface area contributed by atoms with Crippen molar-refractivity contribution >= 4 is 10.0 Å². The van der Waals surface area contributed by atoms with Gasteiger partial charge in [-0.3, -0.25) is 4.68 Å². The molecule has 8 heteroatoms. The van der Waals surface area contributed by atoms with E-state index in [2.05, 4.69) is 19.5 Å². The molecule has 0 aliphatic rings. The smallest absolute Gasteiger partial charge is 0.243 e. The van der Waals surface area contributed by atoms with Crippen LogP contribution in [0.5, 0.6) is 0 Å². The second-order valence-electron chi connectivity index (χ2n) is 4.15. The summed E-state index contributed by atoms with van der Waals surface area (Å²) in [6.07, 6.45) is 5.68. The third kappa shape index (κ3) is 3.21. The van der Waals surface area contributed by atoms with Crippen LogP contribution >= 0.6 is 0 Å². The van der Waals surface area contributed by atoms with Crippen molar-refractivity contribution in [1.29, 1.82) is 0 Å². The Morgan fingerprint density at radius 1 is 1.47 bits per heavy atom. The van der Waals surface area contributed by atoms with E-state index in [1.165, 1.54) is 17.1 Å². The minimum Gasteiger partial charge on any atom is -0.364 e. The van der Waals surface area contributed by atoms with Gasteiger partial charge in [0.15, 0.2) is 0 Å². The number of hydrogen-bond acceptors (Lipinski definition) is 5. The summed E-state index contributed by atoms with van der Waals surface area (Å²) < 4.78 is 33.0. The van der Waals surface area contributed by atoms with Crippen LogP contribution in [0.4, 0.5) is 0 Å². The summed E-state index contributed by atoms with van der Waals surface area (Å²) in [5.74, 6) is 0. The van der Waals surface area contributed by atoms with E-state index in [1.54, 1.807) is 13.2 Å². The molecule has 104 valence electrons. The first-order valence-corrected chi connectivity index (χ1v) is 7.41. The van der Waals surface area contributed by atoms with E-state index in [9.17, 15) is 8.42 Å². The van der Waals surface area contributed by atoms with Crippen LogP contribution in [0.15, 0.2) is 28.1 Å². The number of nitrogens with one attached hydrogen (secondary N) is 1. The summed E-state index contributed by atoms with van der Waals surface area (Å²) in [5, 5.41) is 7.69. The maximum Gasteiger partial charge on any atom is 0.243 e. The second kappa shape index (κ2) is 5.54. The van der Waals surface area contributed by atoms with Crippen molar-refractivity contribution in [3.8, 4) is 0 Å². The molecule has 0 fully saturated rings. The van der Waals surface area contributed by atoms with Crippen LogP contribution in [0, 0.1) is 0 Å². The molecule has 2 heterocycles. The molecule has 0 radical (unpaired) electrons. The van der Waals surface area contributed by atoms with Crippen molar-refractivity contribution in [3.05, 3.63) is 29.9 Å². The summed E-state index contributed by atoms with van der Waals surface area (Å²) in [6.45, 7) is 2.17. The number of aryl methyl sites for hydroxylation is 2. The molecule has 2 aromatic rings. The van der Waals surface area contributed by atoms with Crippen molar-refractivity contribution < 1.29 is 12.9 Å². The summed E-state index contributed by atoms with van der Waals surface area (Å²) in [6, 6.07) is 0. The standard InChI is InChI=1S/C11H16N4O3S/c1-3-10-11(7-15(2)14-10)19(16,17)13-5-4-9-6-12-18-8-9/h6-8,13H,3-5H2,1-2H3. The van der Waals surface area contributed by atoms with Crippen LogP contribution in [0.3, 0.4) is 0 Å². The zero-order valence-electron chi connectivity index (χ0n) is 10.8. The molecule has 19 heavy (non-hydrogen) atoms. The van der Waals surface area contributed by atoms with Crippen molar-refractivity contribution in [2.45, 2.75) is 24.7 Å². The van der Waals surface area contributed by atoms with Crippen molar-refractivity contribution in [3.63, 3.8) is 0 Å². The summed E-state index contributed by atoms with van der Waals surface area (Å²) in [7, 11) is -1.82. The van der Waals surface area contributed by atoms with E-state index in [-0.39, 0.29) is 4.90 Å². The molecule has 0 atom stereocenters. The Kier molecular flexibility index (Phi) is 4.01. The largest absolute Gasteiger partial charge is 0.364 e. The SMILES string of the molecule is CCc1nn(C)cc1S(=O)(=O)NCCc1cnoc1. The lowest BCUT2D eigenvalue weighted by molar-refractivity contribution is 0.419. The molecule has 0 aliphatic carbocycles. The van der Waals surface area contributed by atoms with Gasteiger partial charge in [-0.15, -0.1) is 0 Å². The van der Waals surface area contributed by atoms with Gasteiger partial charge in [0.2, 0.25) is 10.0 Å². The van der Waals surface area contributed by atoms with Gasteiger partial charge < -0.3 is 4.52 Å². The van der Waals surface area contributed by atoms with Crippen LogP contribution in [0.2, 0.25) is 0 Å². The lowest BCUT2D eigenvalue weighted by Crippen LogP contribution is -2.26. The minimum absolute atomic E-state index is 0.239. The fourth-order valence-corrected chi connectivity index (χ4v) is 3.05. The topological polar surface area (TPSA) is 90.0 Å². The summed E-state index contributed by atoms with van der Waals surface area (Å²) in [5.41, 5.74) is 1.42. The highest BCUT2D eigenvalue weighted by Gasteiger charge is 2.20. The molecule has 2 aromatic heterocycles. The lowest BCUT2D eigenvalue weighted by atomic mass is 10.3. The molecule has 0 aliphatic heterocycles. The van der Waals surface area contributed by atoms with Gasteiger partial charge in [-0.1, -0.05) is 12.1 Å². The zero-order chi connectivity index (χ0) is 13.9. The molecular formula is C11H16N4O3S. The van der Waals surface area contributed by atoms with Gasteiger partial charge in [-0.25, -0.2) is 13.1 Å². The van der Waals surface area contributed by atoms with Gasteiger partial charge in [-0.05, 0) is 12.8 Å². The Bertz CT molecular complexity index is 631. The lowest BCUT2D eigenvalue weighted by Gasteiger charge is -2.04. The Morgan fingerprint density at radius 2 is 2.26 bits per heavy atom. The van der Waals surface area contributed by atoms with E-state index in [0.29, 0.717) is 25.1 Å². The minimum atomic E-state index is -3.52. The molecule has 1 N–H and O–H groups in total. The average molecular weight is 284 g/mol. The van der Waals surface area contributed by atoms with Crippen LogP contribution in [-0.2, 0) is 29.9 Å². The average Bonchev–Trinajstić information content (AvgIpc) is 2.98. The van der Waals surface area contributed by atoms with Gasteiger partial charge in [0, 0.05) is 25.4 Å². The van der Waals surface area contributed by atoms with E-state index < -0.39 is 10.0 Å². The Balaban J connectivity index is 2.05. The molecule has 0 bridgehead atoms. The molecular weight excluding hydrogens is 268 g/mol. The Hall–Kier alpha value is -1.67. The monoisotopic (exact) mass is 284 g/mol.